The second kappa shape index (κ2) is 9.95. The van der Waals surface area contributed by atoms with Crippen LogP contribution in [0.4, 0.5) is 17.5 Å². The highest BCUT2D eigenvalue weighted by molar-refractivity contribution is 6.28. The van der Waals surface area contributed by atoms with Crippen molar-refractivity contribution in [2.75, 3.05) is 60.6 Å². The number of hydrogen-bond acceptors (Lipinski definition) is 8. The molecule has 0 radical (unpaired) electrons. The Balaban J connectivity index is 1.48. The molecule has 1 atom stereocenters. The third-order valence-corrected chi connectivity index (χ3v) is 7.85. The number of piperidine rings is 1. The molecule has 1 unspecified atom stereocenters. The zero-order chi connectivity index (χ0) is 25.5. The quantitative estimate of drug-likeness (QED) is 0.475. The summed E-state index contributed by atoms with van der Waals surface area (Å²) in [7, 11) is 0. The van der Waals surface area contributed by atoms with Crippen LogP contribution in [0.2, 0.25) is 5.28 Å². The first-order valence-electron chi connectivity index (χ1n) is 13.1. The highest BCUT2D eigenvalue weighted by Crippen LogP contribution is 2.34. The topological polar surface area (TPSA) is 74.9 Å². The normalized spacial score (nSPS) is 21.2. The second-order valence-corrected chi connectivity index (χ2v) is 10.3. The predicted molar refractivity (Wildman–Crippen MR) is 148 cm³/mol. The fraction of sp³-hybridized carbons (Fsp3) is 0.481. The molecule has 3 saturated heterocycles. The molecule has 3 aromatic rings. The maximum Gasteiger partial charge on any atom is 0.224 e. The second-order valence-electron chi connectivity index (χ2n) is 9.98. The molecule has 0 aromatic carbocycles. The number of rotatable bonds is 5. The predicted octanol–water partition coefficient (Wildman–Crippen LogP) is 2.72. The fourth-order valence-corrected chi connectivity index (χ4v) is 5.70. The van der Waals surface area contributed by atoms with Gasteiger partial charge in [-0.1, -0.05) is 19.2 Å². The first-order valence-corrected chi connectivity index (χ1v) is 13.5. The molecule has 0 bridgehead atoms. The Kier molecular flexibility index (Phi) is 6.50. The molecule has 3 aromatic heterocycles. The first kappa shape index (κ1) is 24.2. The van der Waals surface area contributed by atoms with Crippen molar-refractivity contribution >= 4 is 46.9 Å². The number of nitrogens with zero attached hydrogens (tertiary/aromatic N) is 8. The molecule has 3 aliphatic rings. The minimum Gasteiger partial charge on any atom is -0.378 e. The summed E-state index contributed by atoms with van der Waals surface area (Å²) in [5.74, 6) is 2.90. The number of ether oxygens (including phenoxy) is 1. The van der Waals surface area contributed by atoms with Crippen LogP contribution in [-0.2, 0) is 4.74 Å². The third kappa shape index (κ3) is 4.44. The SMILES string of the molecule is C=C/C(C)=c1/c(N2CCCCC2c2cc3nc(N4CCC4)cc(N4CCOCC4)n3n2)nc(Cl)nc1=C. The highest BCUT2D eigenvalue weighted by Gasteiger charge is 2.30. The van der Waals surface area contributed by atoms with Crippen molar-refractivity contribution in [2.24, 2.45) is 0 Å². The fourth-order valence-electron chi connectivity index (χ4n) is 5.52. The van der Waals surface area contributed by atoms with E-state index in [-0.39, 0.29) is 11.3 Å². The van der Waals surface area contributed by atoms with Gasteiger partial charge >= 0.3 is 0 Å². The Hall–Kier alpha value is -3.17. The van der Waals surface area contributed by atoms with E-state index in [9.17, 15) is 0 Å². The molecule has 0 spiro atoms. The molecule has 3 aliphatic heterocycles. The molecule has 37 heavy (non-hydrogen) atoms. The van der Waals surface area contributed by atoms with Gasteiger partial charge in [-0.15, -0.1) is 0 Å². The van der Waals surface area contributed by atoms with E-state index in [4.69, 9.17) is 31.4 Å². The van der Waals surface area contributed by atoms with Gasteiger partial charge in [0.05, 0.1) is 30.3 Å². The van der Waals surface area contributed by atoms with Crippen LogP contribution in [0.5, 0.6) is 0 Å². The summed E-state index contributed by atoms with van der Waals surface area (Å²) in [6, 6.07) is 4.38. The monoisotopic (exact) mass is 520 g/mol. The van der Waals surface area contributed by atoms with Crippen molar-refractivity contribution in [3.05, 3.63) is 46.3 Å². The van der Waals surface area contributed by atoms with E-state index < -0.39 is 0 Å². The van der Waals surface area contributed by atoms with Gasteiger partial charge in [-0.2, -0.15) is 14.6 Å². The molecule has 10 heteroatoms. The van der Waals surface area contributed by atoms with E-state index in [1.807, 2.05) is 17.5 Å². The van der Waals surface area contributed by atoms with Crippen LogP contribution in [0.15, 0.2) is 24.8 Å². The van der Waals surface area contributed by atoms with E-state index in [0.717, 1.165) is 105 Å². The van der Waals surface area contributed by atoms with Gasteiger partial charge in [0.15, 0.2) is 5.65 Å². The lowest BCUT2D eigenvalue weighted by Gasteiger charge is -2.36. The Morgan fingerprint density at radius 2 is 1.84 bits per heavy atom. The van der Waals surface area contributed by atoms with Gasteiger partial charge in [-0.05, 0) is 49.8 Å². The molecule has 0 saturated carbocycles. The third-order valence-electron chi connectivity index (χ3n) is 7.68. The zero-order valence-corrected chi connectivity index (χ0v) is 22.1. The van der Waals surface area contributed by atoms with Crippen molar-refractivity contribution in [2.45, 2.75) is 38.6 Å². The molecule has 9 nitrogen and oxygen atoms in total. The van der Waals surface area contributed by atoms with Gasteiger partial charge in [0.25, 0.3) is 0 Å². The van der Waals surface area contributed by atoms with Crippen LogP contribution >= 0.6 is 11.6 Å². The molecular weight excluding hydrogens is 488 g/mol. The van der Waals surface area contributed by atoms with Crippen LogP contribution < -0.4 is 25.3 Å². The van der Waals surface area contributed by atoms with E-state index in [2.05, 4.69) is 45.0 Å². The summed E-state index contributed by atoms with van der Waals surface area (Å²) in [5.41, 5.74) is 2.84. The zero-order valence-electron chi connectivity index (χ0n) is 21.4. The number of aromatic nitrogens is 5. The minimum absolute atomic E-state index is 0.0437. The van der Waals surface area contributed by atoms with Crippen molar-refractivity contribution < 1.29 is 4.74 Å². The number of allylic oxidation sites excluding steroid dienone is 1. The molecule has 3 fully saturated rings. The lowest BCUT2D eigenvalue weighted by molar-refractivity contribution is 0.122. The van der Waals surface area contributed by atoms with Gasteiger partial charge < -0.3 is 19.4 Å². The summed E-state index contributed by atoms with van der Waals surface area (Å²) in [4.78, 5) is 21.1. The van der Waals surface area contributed by atoms with Gasteiger partial charge in [0.1, 0.15) is 17.5 Å². The smallest absolute Gasteiger partial charge is 0.224 e. The average molecular weight is 521 g/mol. The maximum absolute atomic E-state index is 6.35. The minimum atomic E-state index is 0.0437. The Morgan fingerprint density at radius 3 is 2.57 bits per heavy atom. The summed E-state index contributed by atoms with van der Waals surface area (Å²) >= 11 is 6.35. The lowest BCUT2D eigenvalue weighted by atomic mass is 9.99. The highest BCUT2D eigenvalue weighted by atomic mass is 35.5. The molecule has 0 aliphatic carbocycles. The molecule has 6 heterocycles. The van der Waals surface area contributed by atoms with Crippen LogP contribution in [0.1, 0.15) is 44.3 Å². The van der Waals surface area contributed by atoms with Gasteiger partial charge in [0.2, 0.25) is 5.28 Å². The molecule has 194 valence electrons. The molecule has 6 rings (SSSR count). The number of anilines is 3. The number of halogens is 1. The summed E-state index contributed by atoms with van der Waals surface area (Å²) in [5, 5.41) is 6.87. The van der Waals surface area contributed by atoms with E-state index in [0.29, 0.717) is 5.35 Å². The Labute approximate surface area is 221 Å². The molecule has 0 amide bonds. The van der Waals surface area contributed by atoms with Gasteiger partial charge in [-0.3, -0.25) is 0 Å². The van der Waals surface area contributed by atoms with Gasteiger partial charge in [-0.25, -0.2) is 9.97 Å². The Morgan fingerprint density at radius 1 is 1.03 bits per heavy atom. The van der Waals surface area contributed by atoms with Crippen LogP contribution in [-0.4, -0.2) is 70.5 Å². The maximum atomic E-state index is 6.35. The molecular formula is C27H33ClN8O. The summed E-state index contributed by atoms with van der Waals surface area (Å²) in [6.07, 6.45) is 6.19. The van der Waals surface area contributed by atoms with E-state index in [1.54, 1.807) is 0 Å². The average Bonchev–Trinajstić information content (AvgIpc) is 3.31. The number of hydrogen-bond donors (Lipinski definition) is 0. The first-order chi connectivity index (χ1) is 18.0. The van der Waals surface area contributed by atoms with E-state index in [1.165, 1.54) is 6.42 Å². The summed E-state index contributed by atoms with van der Waals surface area (Å²) < 4.78 is 7.64. The van der Waals surface area contributed by atoms with Crippen LogP contribution in [0.3, 0.4) is 0 Å². The van der Waals surface area contributed by atoms with Crippen molar-refractivity contribution in [1.82, 2.24) is 24.6 Å². The number of fused-ring (bicyclic) bond motifs is 1. The van der Waals surface area contributed by atoms with Crippen LogP contribution in [0.25, 0.3) is 17.8 Å². The molecule has 0 N–H and O–H groups in total. The lowest BCUT2D eigenvalue weighted by Crippen LogP contribution is -2.42. The Bertz CT molecular complexity index is 1440. The summed E-state index contributed by atoms with van der Waals surface area (Å²) in [6.45, 7) is 16.2. The largest absolute Gasteiger partial charge is 0.378 e. The van der Waals surface area contributed by atoms with Crippen molar-refractivity contribution in [3.8, 4) is 0 Å². The van der Waals surface area contributed by atoms with Crippen molar-refractivity contribution in [3.63, 3.8) is 0 Å². The van der Waals surface area contributed by atoms with Crippen LogP contribution in [0, 0.1) is 0 Å². The van der Waals surface area contributed by atoms with Crippen molar-refractivity contribution in [1.29, 1.82) is 0 Å². The standard InChI is InChI=1S/C27H33ClN8O/c1-4-18(2)25-19(3)29-27(28)31-26(25)35-11-6-5-8-21(35)20-16-23-30-22(33-9-7-10-33)17-24(36(23)32-20)34-12-14-37-15-13-34/h4,16-17,21H,1,3,5-15H2,2H3/b25-18+. The van der Waals surface area contributed by atoms with Gasteiger partial charge in [0, 0.05) is 50.1 Å². The van der Waals surface area contributed by atoms with E-state index >= 15 is 0 Å². The number of morpholine rings is 1.